The Labute approximate surface area is 106 Å². The van der Waals surface area contributed by atoms with Crippen LogP contribution in [0.1, 0.15) is 17.6 Å². The summed E-state index contributed by atoms with van der Waals surface area (Å²) in [6.07, 6.45) is -2.76. The molecule has 0 radical (unpaired) electrons. The molecule has 1 heterocycles. The number of rotatable bonds is 3. The van der Waals surface area contributed by atoms with Crippen LogP contribution in [0.3, 0.4) is 0 Å². The fourth-order valence-corrected chi connectivity index (χ4v) is 2.81. The van der Waals surface area contributed by atoms with Crippen LogP contribution in [-0.2, 0) is 16.0 Å². The number of phenolic OH excluding ortho intramolecular Hbond substituents is 1. The van der Waals surface area contributed by atoms with E-state index in [0.717, 1.165) is 6.07 Å². The first-order chi connectivity index (χ1) is 8.52. The number of ether oxygens (including phenoxy) is 1. The number of carbonyl (C=O) groups excluding carboxylic acids is 1. The van der Waals surface area contributed by atoms with Crippen LogP contribution in [0.5, 0.6) is 5.75 Å². The van der Waals surface area contributed by atoms with E-state index in [1.54, 1.807) is 5.38 Å². The van der Waals surface area contributed by atoms with Gasteiger partial charge in [0.05, 0.1) is 13.5 Å². The number of fused-ring (bicyclic) bond motifs is 1. The molecule has 0 amide bonds. The third kappa shape index (κ3) is 2.28. The van der Waals surface area contributed by atoms with Gasteiger partial charge in [0, 0.05) is 15.6 Å². The monoisotopic (exact) mass is 272 g/mol. The highest BCUT2D eigenvalue weighted by Crippen LogP contribution is 2.37. The van der Waals surface area contributed by atoms with Crippen LogP contribution < -0.4 is 0 Å². The minimum absolute atomic E-state index is 0.0546. The molecule has 96 valence electrons. The zero-order valence-electron chi connectivity index (χ0n) is 9.44. The SMILES string of the molecule is COC(=O)Cc1csc2cc(O)cc(C(F)F)c12. The van der Waals surface area contributed by atoms with Crippen molar-refractivity contribution >= 4 is 27.4 Å². The van der Waals surface area contributed by atoms with Crippen LogP contribution in [0.25, 0.3) is 10.1 Å². The summed E-state index contributed by atoms with van der Waals surface area (Å²) in [5, 5.41) is 11.3. The van der Waals surface area contributed by atoms with Gasteiger partial charge < -0.3 is 9.84 Å². The molecule has 2 rings (SSSR count). The quantitative estimate of drug-likeness (QED) is 0.872. The van der Waals surface area contributed by atoms with E-state index < -0.39 is 12.4 Å². The molecule has 0 aliphatic heterocycles. The molecular formula is C12H10F2O3S. The van der Waals surface area contributed by atoms with Crippen molar-refractivity contribution in [3.63, 3.8) is 0 Å². The van der Waals surface area contributed by atoms with E-state index in [1.165, 1.54) is 24.5 Å². The molecule has 1 N–H and O–H groups in total. The lowest BCUT2D eigenvalue weighted by molar-refractivity contribution is -0.139. The van der Waals surface area contributed by atoms with Crippen molar-refractivity contribution in [1.82, 2.24) is 0 Å². The van der Waals surface area contributed by atoms with Gasteiger partial charge in [0.15, 0.2) is 0 Å². The van der Waals surface area contributed by atoms with Crippen LogP contribution >= 0.6 is 11.3 Å². The number of benzene rings is 1. The summed E-state index contributed by atoms with van der Waals surface area (Å²) in [6.45, 7) is 0. The highest BCUT2D eigenvalue weighted by Gasteiger charge is 2.19. The molecule has 6 heteroatoms. The zero-order chi connectivity index (χ0) is 13.3. The summed E-state index contributed by atoms with van der Waals surface area (Å²) in [7, 11) is 1.25. The van der Waals surface area contributed by atoms with E-state index in [9.17, 15) is 18.7 Å². The first kappa shape index (κ1) is 12.8. The summed E-state index contributed by atoms with van der Waals surface area (Å²) in [4.78, 5) is 11.2. The number of halogens is 2. The Balaban J connectivity index is 2.59. The Morgan fingerprint density at radius 3 is 2.83 bits per heavy atom. The van der Waals surface area contributed by atoms with E-state index >= 15 is 0 Å². The van der Waals surface area contributed by atoms with Crippen LogP contribution in [-0.4, -0.2) is 18.2 Å². The maximum Gasteiger partial charge on any atom is 0.310 e. The minimum Gasteiger partial charge on any atom is -0.508 e. The summed E-state index contributed by atoms with van der Waals surface area (Å²) in [6, 6.07) is 2.44. The van der Waals surface area contributed by atoms with Crippen molar-refractivity contribution in [3.05, 3.63) is 28.6 Å². The maximum absolute atomic E-state index is 12.9. The smallest absolute Gasteiger partial charge is 0.310 e. The molecule has 0 aliphatic rings. The molecular weight excluding hydrogens is 262 g/mol. The fraction of sp³-hybridized carbons (Fsp3) is 0.250. The third-order valence-electron chi connectivity index (χ3n) is 2.56. The Morgan fingerprint density at radius 2 is 2.22 bits per heavy atom. The predicted octanol–water partition coefficient (Wildman–Crippen LogP) is 3.26. The summed E-state index contributed by atoms with van der Waals surface area (Å²) in [5.74, 6) is -0.688. The molecule has 0 aliphatic carbocycles. The first-order valence-electron chi connectivity index (χ1n) is 5.11. The number of aromatic hydroxyl groups is 1. The molecule has 0 saturated heterocycles. The van der Waals surface area contributed by atoms with E-state index in [-0.39, 0.29) is 17.7 Å². The lowest BCUT2D eigenvalue weighted by Crippen LogP contribution is -2.04. The van der Waals surface area contributed by atoms with Crippen molar-refractivity contribution in [2.75, 3.05) is 7.11 Å². The fourth-order valence-electron chi connectivity index (χ4n) is 1.78. The molecule has 0 saturated carbocycles. The Kier molecular flexibility index (Phi) is 3.47. The average molecular weight is 272 g/mol. The molecule has 1 aromatic carbocycles. The van der Waals surface area contributed by atoms with Crippen molar-refractivity contribution in [1.29, 1.82) is 0 Å². The zero-order valence-corrected chi connectivity index (χ0v) is 10.3. The van der Waals surface area contributed by atoms with E-state index in [4.69, 9.17) is 0 Å². The molecule has 18 heavy (non-hydrogen) atoms. The second-order valence-corrected chi connectivity index (χ2v) is 4.63. The van der Waals surface area contributed by atoms with Crippen LogP contribution in [0, 0.1) is 0 Å². The van der Waals surface area contributed by atoms with E-state index in [0.29, 0.717) is 15.6 Å². The molecule has 0 spiro atoms. The topological polar surface area (TPSA) is 46.5 Å². The largest absolute Gasteiger partial charge is 0.508 e. The van der Waals surface area contributed by atoms with Crippen LogP contribution in [0.2, 0.25) is 0 Å². The Morgan fingerprint density at radius 1 is 1.50 bits per heavy atom. The number of hydrogen-bond acceptors (Lipinski definition) is 4. The number of carbonyl (C=O) groups is 1. The normalized spacial score (nSPS) is 11.1. The maximum atomic E-state index is 12.9. The van der Waals surface area contributed by atoms with Gasteiger partial charge in [-0.05, 0) is 23.1 Å². The second kappa shape index (κ2) is 4.89. The summed E-state index contributed by atoms with van der Waals surface area (Å²) < 4.78 is 30.9. The van der Waals surface area contributed by atoms with Crippen molar-refractivity contribution < 1.29 is 23.4 Å². The molecule has 2 aromatic rings. The Bertz CT molecular complexity index is 592. The number of alkyl halides is 2. The van der Waals surface area contributed by atoms with Crippen molar-refractivity contribution in [3.8, 4) is 5.75 Å². The van der Waals surface area contributed by atoms with E-state index in [2.05, 4.69) is 4.74 Å². The van der Waals surface area contributed by atoms with Crippen molar-refractivity contribution in [2.45, 2.75) is 12.8 Å². The van der Waals surface area contributed by atoms with E-state index in [1.807, 2.05) is 0 Å². The van der Waals surface area contributed by atoms with Crippen LogP contribution in [0.15, 0.2) is 17.5 Å². The van der Waals surface area contributed by atoms with Gasteiger partial charge in [0.25, 0.3) is 6.43 Å². The van der Waals surface area contributed by atoms with Gasteiger partial charge in [-0.3, -0.25) is 4.79 Å². The van der Waals surface area contributed by atoms with Crippen molar-refractivity contribution in [2.24, 2.45) is 0 Å². The number of methoxy groups -OCH3 is 1. The van der Waals surface area contributed by atoms with Gasteiger partial charge in [0.1, 0.15) is 5.75 Å². The molecule has 0 bridgehead atoms. The summed E-state index contributed by atoms with van der Waals surface area (Å²) >= 11 is 1.21. The first-order valence-corrected chi connectivity index (χ1v) is 5.99. The van der Waals surface area contributed by atoms with Gasteiger partial charge >= 0.3 is 5.97 Å². The third-order valence-corrected chi connectivity index (χ3v) is 3.54. The molecule has 0 unspecified atom stereocenters. The summed E-state index contributed by atoms with van der Waals surface area (Å²) in [5.41, 5.74) is 0.238. The van der Waals surface area contributed by atoms with Gasteiger partial charge in [-0.25, -0.2) is 8.78 Å². The van der Waals surface area contributed by atoms with Gasteiger partial charge in [-0.2, -0.15) is 0 Å². The average Bonchev–Trinajstić information content (AvgIpc) is 2.70. The van der Waals surface area contributed by atoms with Gasteiger partial charge in [0.2, 0.25) is 0 Å². The standard InChI is InChI=1S/C12H10F2O3S/c1-17-10(16)2-6-5-18-9-4-7(15)3-8(11(6)9)12(13)14/h3-5,12,15H,2H2,1H3. The lowest BCUT2D eigenvalue weighted by Gasteiger charge is -2.06. The highest BCUT2D eigenvalue weighted by molar-refractivity contribution is 7.17. The molecule has 1 aromatic heterocycles. The lowest BCUT2D eigenvalue weighted by atomic mass is 10.0. The van der Waals surface area contributed by atoms with Gasteiger partial charge in [-0.1, -0.05) is 0 Å². The Hall–Kier alpha value is -1.69. The predicted molar refractivity (Wildman–Crippen MR) is 64.2 cm³/mol. The number of phenols is 1. The van der Waals surface area contributed by atoms with Crippen LogP contribution in [0.4, 0.5) is 8.78 Å². The highest BCUT2D eigenvalue weighted by atomic mass is 32.1. The van der Waals surface area contributed by atoms with Gasteiger partial charge in [-0.15, -0.1) is 11.3 Å². The number of esters is 1. The number of hydrogen-bond donors (Lipinski definition) is 1. The minimum atomic E-state index is -2.70. The number of thiophene rings is 1. The molecule has 0 fully saturated rings. The molecule has 0 atom stereocenters. The molecule has 3 nitrogen and oxygen atoms in total. The second-order valence-electron chi connectivity index (χ2n) is 3.72.